The van der Waals surface area contributed by atoms with Crippen molar-refractivity contribution in [1.29, 1.82) is 0 Å². The second kappa shape index (κ2) is 5.25. The third-order valence-electron chi connectivity index (χ3n) is 3.44. The van der Waals surface area contributed by atoms with Crippen LogP contribution in [0.25, 0.3) is 5.65 Å². The number of imidazole rings is 1. The molecule has 0 unspecified atom stereocenters. The van der Waals surface area contributed by atoms with E-state index in [2.05, 4.69) is 9.97 Å². The lowest BCUT2D eigenvalue weighted by molar-refractivity contribution is 0.0734. The molecule has 0 radical (unpaired) electrons. The Labute approximate surface area is 124 Å². The molecular formula is C14H13FN4OS. The average molecular weight is 304 g/mol. The van der Waals surface area contributed by atoms with Crippen LogP contribution in [0.2, 0.25) is 0 Å². The van der Waals surface area contributed by atoms with Gasteiger partial charge in [-0.05, 0) is 19.1 Å². The summed E-state index contributed by atoms with van der Waals surface area (Å²) in [6.45, 7) is 1.87. The third kappa shape index (κ3) is 2.29. The number of fused-ring (bicyclic) bond motifs is 1. The summed E-state index contributed by atoms with van der Waals surface area (Å²) < 4.78 is 15.6. The average Bonchev–Trinajstić information content (AvgIpc) is 3.14. The summed E-state index contributed by atoms with van der Waals surface area (Å²) >= 11 is 1.46. The fourth-order valence-corrected chi connectivity index (χ4v) is 2.79. The van der Waals surface area contributed by atoms with Gasteiger partial charge in [-0.15, -0.1) is 11.3 Å². The molecule has 3 aromatic heterocycles. The first kappa shape index (κ1) is 13.7. The molecule has 0 saturated heterocycles. The number of pyridine rings is 1. The fraction of sp³-hybridized carbons (Fsp3) is 0.214. The highest BCUT2D eigenvalue weighted by Gasteiger charge is 2.26. The second-order valence-electron chi connectivity index (χ2n) is 4.68. The monoisotopic (exact) mass is 304 g/mol. The second-order valence-corrected chi connectivity index (χ2v) is 5.59. The summed E-state index contributed by atoms with van der Waals surface area (Å²) in [7, 11) is 1.64. The zero-order valence-corrected chi connectivity index (χ0v) is 12.3. The fourth-order valence-electron chi connectivity index (χ4n) is 2.07. The van der Waals surface area contributed by atoms with Gasteiger partial charge in [0.05, 0.1) is 11.6 Å². The van der Waals surface area contributed by atoms with Gasteiger partial charge in [-0.25, -0.2) is 4.98 Å². The number of thiazole rings is 1. The van der Waals surface area contributed by atoms with Crippen LogP contribution in [0.15, 0.2) is 36.1 Å². The molecule has 21 heavy (non-hydrogen) atoms. The van der Waals surface area contributed by atoms with E-state index in [-0.39, 0.29) is 11.7 Å². The molecule has 0 N–H and O–H groups in total. The van der Waals surface area contributed by atoms with Crippen LogP contribution in [0.4, 0.5) is 4.39 Å². The highest BCUT2D eigenvalue weighted by molar-refractivity contribution is 7.09. The van der Waals surface area contributed by atoms with Crippen molar-refractivity contribution in [3.63, 3.8) is 0 Å². The maximum absolute atomic E-state index is 14.3. The summed E-state index contributed by atoms with van der Waals surface area (Å²) in [5.41, 5.74) is 1.95. The van der Waals surface area contributed by atoms with Gasteiger partial charge >= 0.3 is 0 Å². The molecular weight excluding hydrogens is 291 g/mol. The van der Waals surface area contributed by atoms with E-state index < -0.39 is 11.9 Å². The lowest BCUT2D eigenvalue weighted by atomic mass is 10.2. The number of carbonyl (C=O) groups excluding carboxylic acids is 1. The lowest BCUT2D eigenvalue weighted by Crippen LogP contribution is -2.30. The minimum absolute atomic E-state index is 0.167. The molecule has 0 aliphatic rings. The van der Waals surface area contributed by atoms with Crippen LogP contribution >= 0.6 is 11.3 Å². The molecule has 5 nitrogen and oxygen atoms in total. The van der Waals surface area contributed by atoms with Gasteiger partial charge < -0.3 is 4.90 Å². The number of amides is 1. The summed E-state index contributed by atoms with van der Waals surface area (Å²) in [4.78, 5) is 23.0. The van der Waals surface area contributed by atoms with Crippen LogP contribution in [-0.4, -0.2) is 32.2 Å². The predicted octanol–water partition coefficient (Wildman–Crippen LogP) is 2.76. The van der Waals surface area contributed by atoms with Crippen molar-refractivity contribution in [1.82, 2.24) is 19.3 Å². The molecule has 0 saturated carbocycles. The molecule has 1 amide bonds. The Hall–Kier alpha value is -2.28. The van der Waals surface area contributed by atoms with E-state index in [1.165, 1.54) is 20.6 Å². The predicted molar refractivity (Wildman–Crippen MR) is 77.8 cm³/mol. The molecule has 0 spiro atoms. The van der Waals surface area contributed by atoms with Crippen LogP contribution in [0.3, 0.4) is 0 Å². The molecule has 3 heterocycles. The minimum atomic E-state index is -0.640. The summed E-state index contributed by atoms with van der Waals surface area (Å²) in [5, 5.41) is 0. The Morgan fingerprint density at radius 1 is 1.48 bits per heavy atom. The van der Waals surface area contributed by atoms with E-state index in [9.17, 15) is 9.18 Å². The number of hydrogen-bond donors (Lipinski definition) is 0. The summed E-state index contributed by atoms with van der Waals surface area (Å²) in [6.07, 6.45) is 3.25. The normalized spacial score (nSPS) is 12.5. The van der Waals surface area contributed by atoms with E-state index >= 15 is 0 Å². The highest BCUT2D eigenvalue weighted by atomic mass is 32.1. The van der Waals surface area contributed by atoms with Crippen LogP contribution < -0.4 is 0 Å². The zero-order chi connectivity index (χ0) is 15.0. The Morgan fingerprint density at radius 2 is 2.29 bits per heavy atom. The molecule has 0 fully saturated rings. The van der Waals surface area contributed by atoms with Crippen molar-refractivity contribution in [2.45, 2.75) is 13.0 Å². The van der Waals surface area contributed by atoms with Gasteiger partial charge in [-0.1, -0.05) is 6.07 Å². The van der Waals surface area contributed by atoms with Crippen molar-refractivity contribution in [2.24, 2.45) is 0 Å². The first-order valence-electron chi connectivity index (χ1n) is 6.37. The van der Waals surface area contributed by atoms with Gasteiger partial charge in [0.1, 0.15) is 5.65 Å². The first-order chi connectivity index (χ1) is 10.1. The quantitative estimate of drug-likeness (QED) is 0.747. The SMILES string of the molecule is C[C@@H](c1cncs1)N(C)C(=O)c1nc2ccccn2c1F. The molecule has 3 rings (SSSR count). The van der Waals surface area contributed by atoms with E-state index in [0.29, 0.717) is 5.65 Å². The first-order valence-corrected chi connectivity index (χ1v) is 7.25. The van der Waals surface area contributed by atoms with Crippen LogP contribution in [-0.2, 0) is 0 Å². The minimum Gasteiger partial charge on any atom is -0.333 e. The Bertz CT molecular complexity index is 783. The highest BCUT2D eigenvalue weighted by Crippen LogP contribution is 2.24. The van der Waals surface area contributed by atoms with Crippen LogP contribution in [0.5, 0.6) is 0 Å². The molecule has 0 aromatic carbocycles. The maximum atomic E-state index is 14.3. The number of nitrogens with zero attached hydrogens (tertiary/aromatic N) is 4. The smallest absolute Gasteiger partial charge is 0.277 e. The van der Waals surface area contributed by atoms with Gasteiger partial charge in [0.15, 0.2) is 5.69 Å². The van der Waals surface area contributed by atoms with Gasteiger partial charge in [0, 0.05) is 24.3 Å². The number of carbonyl (C=O) groups is 1. The summed E-state index contributed by atoms with van der Waals surface area (Å²) in [6, 6.07) is 4.91. The van der Waals surface area contributed by atoms with Gasteiger partial charge in [-0.3, -0.25) is 14.2 Å². The maximum Gasteiger partial charge on any atom is 0.277 e. The van der Waals surface area contributed by atoms with Crippen molar-refractivity contribution >= 4 is 22.9 Å². The Balaban J connectivity index is 1.95. The molecule has 3 aromatic rings. The molecule has 0 bridgehead atoms. The molecule has 0 aliphatic carbocycles. The van der Waals surface area contributed by atoms with Crippen LogP contribution in [0.1, 0.15) is 28.3 Å². The number of halogens is 1. The molecule has 1 atom stereocenters. The van der Waals surface area contributed by atoms with E-state index in [1.807, 2.05) is 6.92 Å². The zero-order valence-electron chi connectivity index (χ0n) is 11.5. The Morgan fingerprint density at radius 3 is 2.95 bits per heavy atom. The van der Waals surface area contributed by atoms with Crippen molar-refractivity contribution in [3.05, 3.63) is 52.6 Å². The topological polar surface area (TPSA) is 50.5 Å². The van der Waals surface area contributed by atoms with Crippen molar-refractivity contribution in [3.8, 4) is 0 Å². The lowest BCUT2D eigenvalue weighted by Gasteiger charge is -2.22. The van der Waals surface area contributed by atoms with Crippen molar-refractivity contribution < 1.29 is 9.18 Å². The number of hydrogen-bond acceptors (Lipinski definition) is 4. The largest absolute Gasteiger partial charge is 0.333 e. The number of aromatic nitrogens is 3. The van der Waals surface area contributed by atoms with Gasteiger partial charge in [0.25, 0.3) is 5.91 Å². The molecule has 108 valence electrons. The van der Waals surface area contributed by atoms with Gasteiger partial charge in [-0.2, -0.15) is 4.39 Å². The van der Waals surface area contributed by atoms with E-state index in [4.69, 9.17) is 0 Å². The van der Waals surface area contributed by atoms with Gasteiger partial charge in [0.2, 0.25) is 5.95 Å². The standard InChI is InChI=1S/C14H13FN4OS/c1-9(10-7-16-8-21-10)18(2)14(20)12-13(15)19-6-4-3-5-11(19)17-12/h3-9H,1-2H3/t9-/m0/s1. The van der Waals surface area contributed by atoms with Crippen LogP contribution in [0, 0.1) is 5.95 Å². The summed E-state index contributed by atoms with van der Waals surface area (Å²) in [5.74, 6) is -1.09. The van der Waals surface area contributed by atoms with Crippen molar-refractivity contribution in [2.75, 3.05) is 7.05 Å². The molecule has 0 aliphatic heterocycles. The van der Waals surface area contributed by atoms with E-state index in [0.717, 1.165) is 4.88 Å². The molecule has 7 heteroatoms. The Kier molecular flexibility index (Phi) is 3.42. The number of rotatable bonds is 3. The van der Waals surface area contributed by atoms with E-state index in [1.54, 1.807) is 43.2 Å². The third-order valence-corrected chi connectivity index (χ3v) is 4.38.